The van der Waals surface area contributed by atoms with E-state index in [-0.39, 0.29) is 5.56 Å². The molecule has 24 heavy (non-hydrogen) atoms. The monoisotopic (exact) mass is 328 g/mol. The highest BCUT2D eigenvalue weighted by Gasteiger charge is 2.01. The fourth-order valence-corrected chi connectivity index (χ4v) is 1.96. The smallest absolute Gasteiger partial charge is 0.269 e. The average molecular weight is 328 g/mol. The molecule has 126 valence electrons. The Bertz CT molecular complexity index is 906. The number of rotatable bonds is 2. The normalized spacial score (nSPS) is 9.96. The average Bonchev–Trinajstić information content (AvgIpc) is 2.58. The van der Waals surface area contributed by atoms with Crippen molar-refractivity contribution < 1.29 is 9.47 Å². The molecular formula is C17H20N4O3. The van der Waals surface area contributed by atoms with Crippen molar-refractivity contribution in [1.29, 1.82) is 0 Å². The van der Waals surface area contributed by atoms with Gasteiger partial charge in [-0.15, -0.1) is 0 Å². The third-order valence-corrected chi connectivity index (χ3v) is 3.36. The number of hydrogen-bond acceptors (Lipinski definition) is 6. The molecule has 0 aliphatic rings. The van der Waals surface area contributed by atoms with Gasteiger partial charge in [0.1, 0.15) is 17.2 Å². The van der Waals surface area contributed by atoms with Crippen LogP contribution in [0.2, 0.25) is 0 Å². The summed E-state index contributed by atoms with van der Waals surface area (Å²) in [7, 11) is 3.17. The van der Waals surface area contributed by atoms with E-state index in [9.17, 15) is 4.79 Å². The molecule has 0 unspecified atom stereocenters. The minimum absolute atomic E-state index is 0.161. The van der Waals surface area contributed by atoms with Crippen LogP contribution in [0.15, 0.2) is 41.2 Å². The van der Waals surface area contributed by atoms with Crippen LogP contribution in [0.25, 0.3) is 11.0 Å². The molecule has 7 heteroatoms. The maximum Gasteiger partial charge on any atom is 0.269 e. The SMILES string of the molecule is COc1ccc(N)c(N)c1.COc1ccc2nc(C)c(=O)[nH]c2c1. The standard InChI is InChI=1S/C10H10N2O2.C7H10N2O/c1-6-10(13)12-9-5-7(14-2)3-4-8(9)11-6;1-10-5-2-3-6(8)7(9)4-5/h3-5H,1-2H3,(H,12,13);2-4H,8-9H2,1H3. The van der Waals surface area contributed by atoms with Gasteiger partial charge in [0, 0.05) is 12.1 Å². The molecule has 0 radical (unpaired) electrons. The van der Waals surface area contributed by atoms with Crippen LogP contribution >= 0.6 is 0 Å². The zero-order valence-electron chi connectivity index (χ0n) is 13.8. The summed E-state index contributed by atoms with van der Waals surface area (Å²) in [5, 5.41) is 0. The van der Waals surface area contributed by atoms with Crippen LogP contribution in [0.4, 0.5) is 11.4 Å². The van der Waals surface area contributed by atoms with E-state index >= 15 is 0 Å². The second-order valence-electron chi connectivity index (χ2n) is 5.03. The van der Waals surface area contributed by atoms with Gasteiger partial charge in [0.25, 0.3) is 5.56 Å². The molecule has 0 saturated carbocycles. The lowest BCUT2D eigenvalue weighted by Gasteiger charge is -2.02. The van der Waals surface area contributed by atoms with Gasteiger partial charge in [-0.3, -0.25) is 4.79 Å². The molecule has 0 saturated heterocycles. The molecule has 0 atom stereocenters. The zero-order chi connectivity index (χ0) is 17.7. The van der Waals surface area contributed by atoms with Crippen molar-refractivity contribution in [2.75, 3.05) is 25.7 Å². The Kier molecular flexibility index (Phi) is 5.26. The van der Waals surface area contributed by atoms with Crippen molar-refractivity contribution in [1.82, 2.24) is 9.97 Å². The van der Waals surface area contributed by atoms with Crippen molar-refractivity contribution in [3.05, 3.63) is 52.4 Å². The number of nitrogens with two attached hydrogens (primary N) is 2. The van der Waals surface area contributed by atoms with Crippen molar-refractivity contribution >= 4 is 22.4 Å². The van der Waals surface area contributed by atoms with Crippen molar-refractivity contribution in [2.24, 2.45) is 0 Å². The molecule has 0 bridgehead atoms. The first-order chi connectivity index (χ1) is 11.4. The second-order valence-corrected chi connectivity index (χ2v) is 5.03. The molecule has 0 amide bonds. The molecule has 7 nitrogen and oxygen atoms in total. The topological polar surface area (TPSA) is 116 Å². The molecule has 0 aliphatic carbocycles. The van der Waals surface area contributed by atoms with E-state index < -0.39 is 0 Å². The highest BCUT2D eigenvalue weighted by molar-refractivity contribution is 5.75. The van der Waals surface area contributed by atoms with Crippen LogP contribution < -0.4 is 26.5 Å². The zero-order valence-corrected chi connectivity index (χ0v) is 13.8. The molecule has 5 N–H and O–H groups in total. The van der Waals surface area contributed by atoms with Crippen LogP contribution in [-0.4, -0.2) is 24.2 Å². The van der Waals surface area contributed by atoms with Crippen LogP contribution in [0.5, 0.6) is 11.5 Å². The van der Waals surface area contributed by atoms with E-state index in [0.717, 1.165) is 11.3 Å². The van der Waals surface area contributed by atoms with E-state index in [1.54, 1.807) is 45.4 Å². The van der Waals surface area contributed by atoms with E-state index in [2.05, 4.69) is 9.97 Å². The van der Waals surface area contributed by atoms with E-state index in [1.807, 2.05) is 12.1 Å². The van der Waals surface area contributed by atoms with E-state index in [4.69, 9.17) is 20.9 Å². The van der Waals surface area contributed by atoms with Crippen LogP contribution in [-0.2, 0) is 0 Å². The van der Waals surface area contributed by atoms with Gasteiger partial charge < -0.3 is 25.9 Å². The lowest BCUT2D eigenvalue weighted by atomic mass is 10.2. The van der Waals surface area contributed by atoms with Crippen molar-refractivity contribution in [3.8, 4) is 11.5 Å². The Morgan fingerprint density at radius 1 is 0.958 bits per heavy atom. The third-order valence-electron chi connectivity index (χ3n) is 3.36. The van der Waals surface area contributed by atoms with E-state index in [0.29, 0.717) is 28.3 Å². The lowest BCUT2D eigenvalue weighted by Crippen LogP contribution is -2.11. The Morgan fingerprint density at radius 2 is 1.58 bits per heavy atom. The number of ether oxygens (including phenoxy) is 2. The number of benzene rings is 2. The molecule has 2 aromatic carbocycles. The number of aromatic nitrogens is 2. The highest BCUT2D eigenvalue weighted by Crippen LogP contribution is 2.20. The third kappa shape index (κ3) is 3.95. The van der Waals surface area contributed by atoms with Crippen LogP contribution in [0.3, 0.4) is 0 Å². The number of aryl methyl sites for hydroxylation is 1. The summed E-state index contributed by atoms with van der Waals surface area (Å²) in [4.78, 5) is 18.2. The molecule has 0 fully saturated rings. The molecule has 0 spiro atoms. The highest BCUT2D eigenvalue weighted by atomic mass is 16.5. The minimum Gasteiger partial charge on any atom is -0.497 e. The minimum atomic E-state index is -0.161. The molecule has 0 aliphatic heterocycles. The first-order valence-electron chi connectivity index (χ1n) is 7.18. The molecular weight excluding hydrogens is 308 g/mol. The van der Waals surface area contributed by atoms with Gasteiger partial charge in [0.15, 0.2) is 0 Å². The molecule has 1 heterocycles. The van der Waals surface area contributed by atoms with Gasteiger partial charge in [0.2, 0.25) is 0 Å². The molecule has 1 aromatic heterocycles. The quantitative estimate of drug-likeness (QED) is 0.620. The largest absolute Gasteiger partial charge is 0.497 e. The fraction of sp³-hybridized carbons (Fsp3) is 0.176. The maximum atomic E-state index is 11.3. The van der Waals surface area contributed by atoms with Gasteiger partial charge >= 0.3 is 0 Å². The van der Waals surface area contributed by atoms with E-state index in [1.165, 1.54) is 0 Å². The summed E-state index contributed by atoms with van der Waals surface area (Å²) in [6, 6.07) is 10.6. The van der Waals surface area contributed by atoms with Crippen molar-refractivity contribution in [2.45, 2.75) is 6.92 Å². The number of hydrogen-bond donors (Lipinski definition) is 3. The molecule has 3 aromatic rings. The predicted molar refractivity (Wildman–Crippen MR) is 95.5 cm³/mol. The van der Waals surface area contributed by atoms with Gasteiger partial charge in [-0.2, -0.15) is 0 Å². The summed E-state index contributed by atoms with van der Waals surface area (Å²) < 4.78 is 9.96. The van der Waals surface area contributed by atoms with Gasteiger partial charge in [-0.1, -0.05) is 0 Å². The summed E-state index contributed by atoms with van der Waals surface area (Å²) >= 11 is 0. The lowest BCUT2D eigenvalue weighted by molar-refractivity contribution is 0.415. The van der Waals surface area contributed by atoms with Gasteiger partial charge in [0.05, 0.1) is 36.6 Å². The van der Waals surface area contributed by atoms with Crippen LogP contribution in [0, 0.1) is 6.92 Å². The number of methoxy groups -OCH3 is 2. The Morgan fingerprint density at radius 3 is 2.21 bits per heavy atom. The second kappa shape index (κ2) is 7.36. The summed E-state index contributed by atoms with van der Waals surface area (Å²) in [6.07, 6.45) is 0. The Labute approximate surface area is 139 Å². The number of aromatic amines is 1. The van der Waals surface area contributed by atoms with Crippen molar-refractivity contribution in [3.63, 3.8) is 0 Å². The molecule has 3 rings (SSSR count). The van der Waals surface area contributed by atoms with Crippen LogP contribution in [0.1, 0.15) is 5.69 Å². The Balaban J connectivity index is 0.000000185. The number of fused-ring (bicyclic) bond motifs is 1. The summed E-state index contributed by atoms with van der Waals surface area (Å²) in [5.41, 5.74) is 13.9. The van der Waals surface area contributed by atoms with Gasteiger partial charge in [-0.05, 0) is 31.2 Å². The van der Waals surface area contributed by atoms with Gasteiger partial charge in [-0.25, -0.2) is 4.98 Å². The predicted octanol–water partition coefficient (Wildman–Crippen LogP) is 2.10. The number of nitrogen functional groups attached to an aromatic ring is 2. The summed E-state index contributed by atoms with van der Waals surface area (Å²) in [6.45, 7) is 1.68. The Hall–Kier alpha value is -3.22. The number of anilines is 2. The first kappa shape index (κ1) is 17.1. The first-order valence-corrected chi connectivity index (χ1v) is 7.18. The summed E-state index contributed by atoms with van der Waals surface area (Å²) in [5.74, 6) is 1.44. The number of nitrogens with zero attached hydrogens (tertiary/aromatic N) is 1. The number of H-pyrrole nitrogens is 1. The number of nitrogens with one attached hydrogen (secondary N) is 1. The fourth-order valence-electron chi connectivity index (χ4n) is 1.96. The maximum absolute atomic E-state index is 11.3.